The Bertz CT molecular complexity index is 1070. The average Bonchev–Trinajstić information content (AvgIpc) is 3.40. The quantitative estimate of drug-likeness (QED) is 0.615. The molecule has 4 heterocycles. The molecule has 3 aromatic rings. The van der Waals surface area contributed by atoms with Gasteiger partial charge in [-0.05, 0) is 29.8 Å². The molecule has 1 fully saturated rings. The zero-order valence-electron chi connectivity index (χ0n) is 16.4. The number of morpholine rings is 1. The van der Waals surface area contributed by atoms with E-state index in [1.165, 1.54) is 15.6 Å². The Morgan fingerprint density at radius 3 is 2.80 bits per heavy atom. The van der Waals surface area contributed by atoms with Gasteiger partial charge >= 0.3 is 5.69 Å². The third kappa shape index (κ3) is 4.50. The first-order valence-electron chi connectivity index (χ1n) is 9.66. The minimum Gasteiger partial charge on any atom is -0.378 e. The van der Waals surface area contributed by atoms with E-state index in [2.05, 4.69) is 21.0 Å². The van der Waals surface area contributed by atoms with Crippen molar-refractivity contribution in [3.63, 3.8) is 0 Å². The maximum atomic E-state index is 12.7. The first kappa shape index (κ1) is 20.5. The molecular formula is C20H23FN6O2S. The van der Waals surface area contributed by atoms with Gasteiger partial charge in [0.25, 0.3) is 0 Å². The van der Waals surface area contributed by atoms with Gasteiger partial charge in [0.05, 0.1) is 32.6 Å². The van der Waals surface area contributed by atoms with Gasteiger partial charge in [0.1, 0.15) is 12.1 Å². The Morgan fingerprint density at radius 2 is 2.10 bits per heavy atom. The van der Waals surface area contributed by atoms with Crippen molar-refractivity contribution in [1.29, 1.82) is 0 Å². The van der Waals surface area contributed by atoms with Crippen LogP contribution in [-0.2, 0) is 17.8 Å². The summed E-state index contributed by atoms with van der Waals surface area (Å²) in [6.07, 6.45) is 3.77. The van der Waals surface area contributed by atoms with Crippen molar-refractivity contribution < 1.29 is 9.13 Å². The third-order valence-corrected chi connectivity index (χ3v) is 6.04. The van der Waals surface area contributed by atoms with Crippen LogP contribution in [0.3, 0.4) is 0 Å². The first-order valence-corrected chi connectivity index (χ1v) is 10.5. The molecule has 0 saturated carbocycles. The lowest BCUT2D eigenvalue weighted by molar-refractivity contribution is 0.122. The number of halogens is 1. The van der Waals surface area contributed by atoms with E-state index in [1.54, 1.807) is 11.3 Å². The zero-order chi connectivity index (χ0) is 20.9. The molecule has 1 aliphatic heterocycles. The molecule has 0 radical (unpaired) electrons. The van der Waals surface area contributed by atoms with Gasteiger partial charge in [-0.1, -0.05) is 0 Å². The summed E-state index contributed by atoms with van der Waals surface area (Å²) in [5.74, 6) is 0.956. The second-order valence-corrected chi connectivity index (χ2v) is 8.11. The number of ether oxygens (including phenoxy) is 1. The molecule has 0 atom stereocenters. The molecular weight excluding hydrogens is 407 g/mol. The Labute approximate surface area is 177 Å². The molecule has 158 valence electrons. The van der Waals surface area contributed by atoms with Crippen molar-refractivity contribution in [3.8, 4) is 10.4 Å². The van der Waals surface area contributed by atoms with E-state index in [4.69, 9.17) is 10.5 Å². The molecule has 0 aliphatic carbocycles. The second-order valence-electron chi connectivity index (χ2n) is 6.94. The van der Waals surface area contributed by atoms with E-state index in [9.17, 15) is 9.18 Å². The molecule has 0 bridgehead atoms. The van der Waals surface area contributed by atoms with Gasteiger partial charge in [-0.15, -0.1) is 11.3 Å². The molecule has 4 rings (SSSR count). The van der Waals surface area contributed by atoms with Crippen molar-refractivity contribution in [2.45, 2.75) is 13.1 Å². The number of rotatable bonds is 7. The van der Waals surface area contributed by atoms with Gasteiger partial charge < -0.3 is 15.4 Å². The van der Waals surface area contributed by atoms with Crippen LogP contribution in [0.2, 0.25) is 0 Å². The topological polar surface area (TPSA) is 91.2 Å². The van der Waals surface area contributed by atoms with Crippen LogP contribution in [0.5, 0.6) is 0 Å². The standard InChI is InChI=1S/C20H23FN6O2S/c21-9-15(10-22)12-27-20(28)26(14-24-27)13-17-2-3-18(30-17)16-1-4-19(23-11-16)25-5-7-29-8-6-25/h1-4,9,11,14H,5-8,10,12-13,22H2/b15-9-. The SMILES string of the molecule is NC/C(=C/F)Cn1ncn(Cc2ccc(-c3ccc(N4CCOCC4)nc3)s2)c1=O. The molecule has 2 N–H and O–H groups in total. The molecule has 8 nitrogen and oxygen atoms in total. The van der Waals surface area contributed by atoms with Crippen LogP contribution < -0.4 is 16.3 Å². The minimum atomic E-state index is -0.297. The number of aromatic nitrogens is 4. The van der Waals surface area contributed by atoms with Crippen molar-refractivity contribution in [2.75, 3.05) is 37.7 Å². The molecule has 1 aliphatic rings. The third-order valence-electron chi connectivity index (χ3n) is 4.92. The Kier molecular flexibility index (Phi) is 6.36. The zero-order valence-corrected chi connectivity index (χ0v) is 17.2. The van der Waals surface area contributed by atoms with E-state index in [1.807, 2.05) is 24.4 Å². The monoisotopic (exact) mass is 430 g/mol. The fraction of sp³-hybridized carbons (Fsp3) is 0.350. The van der Waals surface area contributed by atoms with E-state index < -0.39 is 0 Å². The number of hydrogen-bond acceptors (Lipinski definition) is 7. The van der Waals surface area contributed by atoms with Crippen LogP contribution in [0.4, 0.5) is 10.2 Å². The fourth-order valence-corrected chi connectivity index (χ4v) is 4.22. The van der Waals surface area contributed by atoms with Crippen molar-refractivity contribution in [3.05, 3.63) is 64.1 Å². The second kappa shape index (κ2) is 9.33. The predicted octanol–water partition coefficient (Wildman–Crippen LogP) is 1.87. The summed E-state index contributed by atoms with van der Waals surface area (Å²) in [6.45, 7) is 3.66. The van der Waals surface area contributed by atoms with Gasteiger partial charge in [-0.25, -0.2) is 18.9 Å². The number of hydrogen-bond donors (Lipinski definition) is 1. The molecule has 3 aromatic heterocycles. The highest BCUT2D eigenvalue weighted by molar-refractivity contribution is 7.15. The summed E-state index contributed by atoms with van der Waals surface area (Å²) < 4.78 is 20.8. The average molecular weight is 431 g/mol. The normalized spacial score (nSPS) is 15.0. The number of anilines is 1. The van der Waals surface area contributed by atoms with Crippen LogP contribution >= 0.6 is 11.3 Å². The summed E-state index contributed by atoms with van der Waals surface area (Å²) in [7, 11) is 0. The molecule has 30 heavy (non-hydrogen) atoms. The number of nitrogens with two attached hydrogens (primary N) is 1. The van der Waals surface area contributed by atoms with Gasteiger partial charge in [0.2, 0.25) is 0 Å². The lowest BCUT2D eigenvalue weighted by Crippen LogP contribution is -2.36. The van der Waals surface area contributed by atoms with Crippen LogP contribution in [0, 0.1) is 0 Å². The highest BCUT2D eigenvalue weighted by atomic mass is 32.1. The molecule has 0 spiro atoms. The van der Waals surface area contributed by atoms with E-state index in [0.717, 1.165) is 47.4 Å². The molecule has 1 saturated heterocycles. The fourth-order valence-electron chi connectivity index (χ4n) is 3.22. The smallest absolute Gasteiger partial charge is 0.346 e. The summed E-state index contributed by atoms with van der Waals surface area (Å²) >= 11 is 1.60. The lowest BCUT2D eigenvalue weighted by Gasteiger charge is -2.27. The van der Waals surface area contributed by atoms with E-state index >= 15 is 0 Å². The highest BCUT2D eigenvalue weighted by Gasteiger charge is 2.13. The predicted molar refractivity (Wildman–Crippen MR) is 114 cm³/mol. The number of pyridine rings is 1. The number of nitrogens with zero attached hydrogens (tertiary/aromatic N) is 5. The van der Waals surface area contributed by atoms with Crippen LogP contribution in [0.25, 0.3) is 10.4 Å². The Hall–Kier alpha value is -2.82. The van der Waals surface area contributed by atoms with Gasteiger partial charge in [0, 0.05) is 41.1 Å². The van der Waals surface area contributed by atoms with Crippen LogP contribution in [-0.4, -0.2) is 52.2 Å². The molecule has 0 unspecified atom stereocenters. The van der Waals surface area contributed by atoms with E-state index in [-0.39, 0.29) is 18.8 Å². The number of thiophene rings is 1. The van der Waals surface area contributed by atoms with Crippen molar-refractivity contribution >= 4 is 17.2 Å². The lowest BCUT2D eigenvalue weighted by atomic mass is 10.2. The largest absolute Gasteiger partial charge is 0.378 e. The first-order chi connectivity index (χ1) is 14.7. The van der Waals surface area contributed by atoms with Crippen LogP contribution in [0.1, 0.15) is 4.88 Å². The van der Waals surface area contributed by atoms with E-state index in [0.29, 0.717) is 18.4 Å². The Balaban J connectivity index is 1.44. The summed E-state index contributed by atoms with van der Waals surface area (Å²) in [4.78, 5) is 21.4. The maximum Gasteiger partial charge on any atom is 0.346 e. The minimum absolute atomic E-state index is 0.0441. The van der Waals surface area contributed by atoms with Crippen molar-refractivity contribution in [2.24, 2.45) is 5.73 Å². The van der Waals surface area contributed by atoms with Crippen molar-refractivity contribution in [1.82, 2.24) is 19.3 Å². The Morgan fingerprint density at radius 1 is 1.27 bits per heavy atom. The molecule has 0 amide bonds. The van der Waals surface area contributed by atoms with Gasteiger partial charge in [0.15, 0.2) is 0 Å². The highest BCUT2D eigenvalue weighted by Crippen LogP contribution is 2.29. The van der Waals surface area contributed by atoms with Crippen LogP contribution in [0.15, 0.2) is 53.5 Å². The summed E-state index contributed by atoms with van der Waals surface area (Å²) in [5.41, 5.74) is 6.50. The summed E-state index contributed by atoms with van der Waals surface area (Å²) in [5, 5.41) is 4.05. The molecule has 10 heteroatoms. The summed E-state index contributed by atoms with van der Waals surface area (Å²) in [6, 6.07) is 8.11. The maximum absolute atomic E-state index is 12.7. The van der Waals surface area contributed by atoms with Gasteiger partial charge in [-0.2, -0.15) is 5.10 Å². The molecule has 0 aromatic carbocycles. The van der Waals surface area contributed by atoms with Gasteiger partial charge in [-0.3, -0.25) is 4.57 Å².